The molecule has 2 fully saturated rings. The van der Waals surface area contributed by atoms with Gasteiger partial charge >= 0.3 is 0 Å². The first kappa shape index (κ1) is 21.3. The number of ether oxygens (including phenoxy) is 1. The van der Waals surface area contributed by atoms with Gasteiger partial charge < -0.3 is 15.2 Å². The summed E-state index contributed by atoms with van der Waals surface area (Å²) in [7, 11) is 1.90. The van der Waals surface area contributed by atoms with Crippen molar-refractivity contribution in [3.63, 3.8) is 0 Å². The van der Waals surface area contributed by atoms with E-state index >= 15 is 0 Å². The molecular weight excluding hydrogens is 404 g/mol. The first-order valence-corrected chi connectivity index (χ1v) is 11.4. The van der Waals surface area contributed by atoms with E-state index in [1.807, 2.05) is 26.2 Å². The maximum Gasteiger partial charge on any atom is 0.228 e. The van der Waals surface area contributed by atoms with Crippen molar-refractivity contribution in [1.29, 1.82) is 0 Å². The standard InChI is InChI=1S/C24H32N6O2/c1-15-9-18-12-25-23(27-22-10-16(2)28-29(22)4)26-20(18)11-19(15)17-5-7-30(8-6-17)24(3)14-32-13-21(24)31/h9-12,17,21,31H,5-8,13-14H2,1-4H3,(H,25,26,27). The summed E-state index contributed by atoms with van der Waals surface area (Å²) in [6, 6.07) is 6.42. The maximum atomic E-state index is 10.4. The second kappa shape index (κ2) is 8.10. The van der Waals surface area contributed by atoms with E-state index in [9.17, 15) is 5.11 Å². The van der Waals surface area contributed by atoms with Crippen LogP contribution >= 0.6 is 0 Å². The highest BCUT2D eigenvalue weighted by atomic mass is 16.5. The zero-order valence-electron chi connectivity index (χ0n) is 19.3. The summed E-state index contributed by atoms with van der Waals surface area (Å²) in [5.74, 6) is 1.94. The van der Waals surface area contributed by atoms with Gasteiger partial charge in [-0.15, -0.1) is 0 Å². The molecular formula is C24H32N6O2. The minimum atomic E-state index is -0.410. The molecule has 2 atom stereocenters. The van der Waals surface area contributed by atoms with Gasteiger partial charge in [-0.25, -0.2) is 9.97 Å². The molecule has 8 heteroatoms. The van der Waals surface area contributed by atoms with Crippen molar-refractivity contribution in [2.24, 2.45) is 7.05 Å². The smallest absolute Gasteiger partial charge is 0.228 e. The van der Waals surface area contributed by atoms with Gasteiger partial charge in [-0.2, -0.15) is 5.10 Å². The Morgan fingerprint density at radius 3 is 2.62 bits per heavy atom. The largest absolute Gasteiger partial charge is 0.389 e. The minimum absolute atomic E-state index is 0.263. The van der Waals surface area contributed by atoms with Crippen molar-refractivity contribution in [3.05, 3.63) is 41.2 Å². The fraction of sp³-hybridized carbons (Fsp3) is 0.542. The summed E-state index contributed by atoms with van der Waals surface area (Å²) in [5, 5.41) is 19.1. The summed E-state index contributed by atoms with van der Waals surface area (Å²) in [6.45, 7) is 9.26. The monoisotopic (exact) mass is 436 g/mol. The van der Waals surface area contributed by atoms with Crippen molar-refractivity contribution in [2.45, 2.75) is 51.2 Å². The van der Waals surface area contributed by atoms with Crippen molar-refractivity contribution in [2.75, 3.05) is 31.6 Å². The van der Waals surface area contributed by atoms with Crippen molar-refractivity contribution < 1.29 is 9.84 Å². The highest BCUT2D eigenvalue weighted by Crippen LogP contribution is 2.36. The molecule has 1 aromatic carbocycles. The molecule has 4 heterocycles. The van der Waals surface area contributed by atoms with E-state index in [-0.39, 0.29) is 5.54 Å². The summed E-state index contributed by atoms with van der Waals surface area (Å²) in [5.41, 5.74) is 4.30. The van der Waals surface area contributed by atoms with Crippen molar-refractivity contribution in [1.82, 2.24) is 24.6 Å². The van der Waals surface area contributed by atoms with Crippen LogP contribution in [0.25, 0.3) is 10.9 Å². The van der Waals surface area contributed by atoms with Crippen LogP contribution in [0.1, 0.15) is 42.5 Å². The van der Waals surface area contributed by atoms with Crippen molar-refractivity contribution in [3.8, 4) is 0 Å². The number of aromatic nitrogens is 4. The van der Waals surface area contributed by atoms with Gasteiger partial charge in [-0.1, -0.05) is 0 Å². The number of aliphatic hydroxyl groups excluding tert-OH is 1. The fourth-order valence-electron chi connectivity index (χ4n) is 5.21. The number of nitrogens with zero attached hydrogens (tertiary/aromatic N) is 5. The minimum Gasteiger partial charge on any atom is -0.389 e. The Balaban J connectivity index is 1.36. The third-order valence-electron chi connectivity index (χ3n) is 7.25. The number of hydrogen-bond donors (Lipinski definition) is 2. The lowest BCUT2D eigenvalue weighted by molar-refractivity contribution is -0.00214. The van der Waals surface area contributed by atoms with E-state index in [1.54, 1.807) is 4.68 Å². The molecule has 0 aliphatic carbocycles. The zero-order valence-corrected chi connectivity index (χ0v) is 19.3. The molecule has 3 aromatic rings. The lowest BCUT2D eigenvalue weighted by atomic mass is 9.84. The van der Waals surface area contributed by atoms with E-state index in [4.69, 9.17) is 9.72 Å². The third kappa shape index (κ3) is 3.76. The molecule has 2 N–H and O–H groups in total. The number of piperidine rings is 1. The second-order valence-electron chi connectivity index (χ2n) is 9.53. The Kier molecular flexibility index (Phi) is 5.39. The Morgan fingerprint density at radius 2 is 1.97 bits per heavy atom. The molecule has 170 valence electrons. The highest BCUT2D eigenvalue weighted by Gasteiger charge is 2.44. The molecule has 2 aliphatic rings. The van der Waals surface area contributed by atoms with E-state index in [0.717, 1.165) is 48.3 Å². The summed E-state index contributed by atoms with van der Waals surface area (Å²) in [4.78, 5) is 11.7. The first-order chi connectivity index (χ1) is 15.3. The molecule has 0 spiro atoms. The Hall–Kier alpha value is -2.55. The molecule has 2 unspecified atom stereocenters. The van der Waals surface area contributed by atoms with Gasteiger partial charge in [0.1, 0.15) is 5.82 Å². The van der Waals surface area contributed by atoms with Gasteiger partial charge in [0.15, 0.2) is 0 Å². The van der Waals surface area contributed by atoms with E-state index < -0.39 is 6.10 Å². The highest BCUT2D eigenvalue weighted by molar-refractivity contribution is 5.81. The number of nitrogens with one attached hydrogen (secondary N) is 1. The molecule has 2 saturated heterocycles. The second-order valence-corrected chi connectivity index (χ2v) is 9.53. The lowest BCUT2D eigenvalue weighted by Gasteiger charge is -2.43. The number of hydrogen-bond acceptors (Lipinski definition) is 7. The normalized spacial score (nSPS) is 25.0. The average Bonchev–Trinajstić information content (AvgIpc) is 3.28. The fourth-order valence-corrected chi connectivity index (χ4v) is 5.21. The Bertz CT molecular complexity index is 1140. The zero-order chi connectivity index (χ0) is 22.5. The van der Waals surface area contributed by atoms with Crippen LogP contribution in [0.3, 0.4) is 0 Å². The molecule has 5 rings (SSSR count). The molecule has 0 bridgehead atoms. The average molecular weight is 437 g/mol. The molecule has 2 aromatic heterocycles. The van der Waals surface area contributed by atoms with E-state index in [2.05, 4.69) is 46.3 Å². The number of likely N-dealkylation sites (tertiary alicyclic amines) is 1. The van der Waals surface area contributed by atoms with Gasteiger partial charge in [-0.3, -0.25) is 9.58 Å². The number of anilines is 2. The van der Waals surface area contributed by atoms with Crippen LogP contribution in [0.2, 0.25) is 0 Å². The van der Waals surface area contributed by atoms with Gasteiger partial charge in [0.25, 0.3) is 0 Å². The predicted octanol–water partition coefficient (Wildman–Crippen LogP) is 3.05. The van der Waals surface area contributed by atoms with Gasteiger partial charge in [0.05, 0.1) is 36.1 Å². The van der Waals surface area contributed by atoms with Crippen LogP contribution in [0.5, 0.6) is 0 Å². The van der Waals surface area contributed by atoms with Crippen LogP contribution < -0.4 is 5.32 Å². The SMILES string of the molecule is Cc1cc(Nc2ncc3cc(C)c(C4CCN(C5(C)COCC5O)CC4)cc3n2)n(C)n1. The van der Waals surface area contributed by atoms with Gasteiger partial charge in [-0.05, 0) is 75.9 Å². The number of aryl methyl sites for hydroxylation is 3. The van der Waals surface area contributed by atoms with E-state index in [0.29, 0.717) is 25.1 Å². The predicted molar refractivity (Wildman–Crippen MR) is 124 cm³/mol. The lowest BCUT2D eigenvalue weighted by Crippen LogP contribution is -2.56. The molecule has 0 saturated carbocycles. The number of rotatable bonds is 4. The summed E-state index contributed by atoms with van der Waals surface area (Å²) in [6.07, 6.45) is 3.61. The molecule has 8 nitrogen and oxygen atoms in total. The molecule has 0 amide bonds. The number of fused-ring (bicyclic) bond motifs is 1. The number of benzene rings is 1. The molecule has 32 heavy (non-hydrogen) atoms. The molecule has 2 aliphatic heterocycles. The first-order valence-electron chi connectivity index (χ1n) is 11.4. The third-order valence-corrected chi connectivity index (χ3v) is 7.25. The van der Waals surface area contributed by atoms with Crippen LogP contribution in [-0.2, 0) is 11.8 Å². The summed E-state index contributed by atoms with van der Waals surface area (Å²) >= 11 is 0. The van der Waals surface area contributed by atoms with Gasteiger partial charge in [0, 0.05) is 24.7 Å². The molecule has 0 radical (unpaired) electrons. The van der Waals surface area contributed by atoms with Gasteiger partial charge in [0.2, 0.25) is 5.95 Å². The van der Waals surface area contributed by atoms with Crippen LogP contribution in [0.4, 0.5) is 11.8 Å². The van der Waals surface area contributed by atoms with E-state index in [1.165, 1.54) is 11.1 Å². The number of aliphatic hydroxyl groups is 1. The Morgan fingerprint density at radius 1 is 1.19 bits per heavy atom. The van der Waals surface area contributed by atoms with Crippen LogP contribution in [0.15, 0.2) is 24.4 Å². The summed E-state index contributed by atoms with van der Waals surface area (Å²) < 4.78 is 7.35. The van der Waals surface area contributed by atoms with Crippen molar-refractivity contribution >= 4 is 22.7 Å². The quantitative estimate of drug-likeness (QED) is 0.650. The van der Waals surface area contributed by atoms with Crippen LogP contribution in [-0.4, -0.2) is 67.7 Å². The topological polar surface area (TPSA) is 88.3 Å². The Labute approximate surface area is 188 Å². The maximum absolute atomic E-state index is 10.4. The van der Waals surface area contributed by atoms with Crippen LogP contribution in [0, 0.1) is 13.8 Å².